The third-order valence-electron chi connectivity index (χ3n) is 4.88. The summed E-state index contributed by atoms with van der Waals surface area (Å²) < 4.78 is 44.6. The Kier molecular flexibility index (Phi) is 9.39. The maximum absolute atomic E-state index is 13.3. The molecule has 2 aromatic carbocycles. The van der Waals surface area contributed by atoms with Crippen LogP contribution in [0, 0.1) is 12.8 Å². The van der Waals surface area contributed by atoms with Crippen molar-refractivity contribution in [2.45, 2.75) is 25.7 Å². The second-order valence-corrected chi connectivity index (χ2v) is 9.97. The van der Waals surface area contributed by atoms with E-state index in [0.29, 0.717) is 31.0 Å². The van der Waals surface area contributed by atoms with E-state index in [2.05, 4.69) is 4.72 Å². The Hall–Kier alpha value is -2.49. The van der Waals surface area contributed by atoms with Crippen molar-refractivity contribution in [3.63, 3.8) is 0 Å². The van der Waals surface area contributed by atoms with E-state index in [1.54, 1.807) is 31.1 Å². The van der Waals surface area contributed by atoms with Crippen molar-refractivity contribution in [2.75, 3.05) is 45.7 Å². The van der Waals surface area contributed by atoms with Crippen molar-refractivity contribution in [1.82, 2.24) is 4.90 Å². The quantitative estimate of drug-likeness (QED) is 0.498. The van der Waals surface area contributed by atoms with Crippen LogP contribution in [-0.4, -0.2) is 60.3 Å². The van der Waals surface area contributed by atoms with Crippen LogP contribution in [0.3, 0.4) is 0 Å². The van der Waals surface area contributed by atoms with Crippen LogP contribution in [0.2, 0.25) is 5.02 Å². The predicted molar refractivity (Wildman–Crippen MR) is 129 cm³/mol. The molecule has 8 nitrogen and oxygen atoms in total. The highest BCUT2D eigenvalue weighted by molar-refractivity contribution is 7.92. The number of rotatable bonds is 11. The number of halogens is 1. The molecule has 10 heteroatoms. The number of ether oxygens (including phenoxy) is 3. The van der Waals surface area contributed by atoms with Crippen molar-refractivity contribution in [2.24, 2.45) is 5.92 Å². The van der Waals surface area contributed by atoms with E-state index >= 15 is 0 Å². The van der Waals surface area contributed by atoms with Gasteiger partial charge in [0.1, 0.15) is 11.5 Å². The van der Waals surface area contributed by atoms with Gasteiger partial charge >= 0.3 is 0 Å². The van der Waals surface area contributed by atoms with Crippen molar-refractivity contribution < 1.29 is 27.4 Å². The minimum absolute atomic E-state index is 0.0152. The molecule has 1 N–H and O–H groups in total. The van der Waals surface area contributed by atoms with Gasteiger partial charge in [-0.25, -0.2) is 8.42 Å². The van der Waals surface area contributed by atoms with Gasteiger partial charge in [-0.3, -0.25) is 9.52 Å². The maximum Gasteiger partial charge on any atom is 0.262 e. The highest BCUT2D eigenvalue weighted by Crippen LogP contribution is 2.37. The minimum atomic E-state index is -4.06. The molecular weight excluding hydrogens is 468 g/mol. The van der Waals surface area contributed by atoms with Crippen LogP contribution in [0.15, 0.2) is 35.2 Å². The molecule has 0 aromatic heterocycles. The predicted octanol–water partition coefficient (Wildman–Crippen LogP) is 4.21. The third kappa shape index (κ3) is 6.75. The summed E-state index contributed by atoms with van der Waals surface area (Å²) in [6.45, 7) is 7.00. The van der Waals surface area contributed by atoms with Crippen LogP contribution in [0.4, 0.5) is 5.69 Å². The van der Waals surface area contributed by atoms with Gasteiger partial charge in [0.25, 0.3) is 15.9 Å². The van der Waals surface area contributed by atoms with E-state index in [1.165, 1.54) is 32.4 Å². The second kappa shape index (κ2) is 11.6. The number of carbonyl (C=O) groups excluding carboxylic acids is 1. The highest BCUT2D eigenvalue weighted by Gasteiger charge is 2.24. The van der Waals surface area contributed by atoms with Crippen LogP contribution in [0.5, 0.6) is 11.5 Å². The molecule has 0 atom stereocenters. The van der Waals surface area contributed by atoms with E-state index in [4.69, 9.17) is 25.8 Å². The van der Waals surface area contributed by atoms with E-state index < -0.39 is 10.0 Å². The Morgan fingerprint density at radius 1 is 1.09 bits per heavy atom. The Morgan fingerprint density at radius 2 is 1.76 bits per heavy atom. The lowest BCUT2D eigenvalue weighted by Gasteiger charge is -2.25. The number of hydrogen-bond acceptors (Lipinski definition) is 6. The standard InChI is InChI=1S/C23H31ClN2O6S/c1-15(2)14-26(9-10-30-4)23(27)17-8-7-16(3)22(11-17)33(28,29)25-19-12-18(24)20(31-5)13-21(19)32-6/h7-8,11-13,15,25H,9-10,14H2,1-6H3. The first kappa shape index (κ1) is 26.8. The molecule has 0 radical (unpaired) electrons. The molecule has 33 heavy (non-hydrogen) atoms. The molecule has 0 aliphatic heterocycles. The smallest absolute Gasteiger partial charge is 0.262 e. The van der Waals surface area contributed by atoms with Gasteiger partial charge in [-0.15, -0.1) is 0 Å². The number of hydrogen-bond donors (Lipinski definition) is 1. The first-order valence-electron chi connectivity index (χ1n) is 10.4. The fourth-order valence-electron chi connectivity index (χ4n) is 3.26. The number of nitrogens with zero attached hydrogens (tertiary/aromatic N) is 1. The van der Waals surface area contributed by atoms with Gasteiger partial charge in [0.15, 0.2) is 0 Å². The van der Waals surface area contributed by atoms with Gasteiger partial charge in [-0.2, -0.15) is 0 Å². The van der Waals surface area contributed by atoms with E-state index in [0.717, 1.165) is 0 Å². The lowest BCUT2D eigenvalue weighted by Crippen LogP contribution is -2.36. The van der Waals surface area contributed by atoms with Gasteiger partial charge in [0.05, 0.1) is 36.4 Å². The average molecular weight is 499 g/mol. The largest absolute Gasteiger partial charge is 0.495 e. The van der Waals surface area contributed by atoms with Gasteiger partial charge in [-0.05, 0) is 36.6 Å². The summed E-state index contributed by atoms with van der Waals surface area (Å²) in [6.07, 6.45) is 0. The first-order chi connectivity index (χ1) is 15.5. The number of methoxy groups -OCH3 is 3. The number of aryl methyl sites for hydroxylation is 1. The summed E-state index contributed by atoms with van der Waals surface area (Å²) in [5.41, 5.74) is 0.920. The topological polar surface area (TPSA) is 94.2 Å². The van der Waals surface area contributed by atoms with Gasteiger partial charge in [-0.1, -0.05) is 31.5 Å². The summed E-state index contributed by atoms with van der Waals surface area (Å²) in [5.74, 6) is 0.574. The molecule has 0 saturated carbocycles. The molecule has 0 unspecified atom stereocenters. The van der Waals surface area contributed by atoms with Gasteiger partial charge in [0, 0.05) is 31.8 Å². The number of sulfonamides is 1. The molecule has 0 spiro atoms. The van der Waals surface area contributed by atoms with Crippen LogP contribution in [-0.2, 0) is 14.8 Å². The molecule has 2 rings (SSSR count). The van der Waals surface area contributed by atoms with E-state index in [1.807, 2.05) is 13.8 Å². The third-order valence-corrected chi connectivity index (χ3v) is 6.68. The van der Waals surface area contributed by atoms with Crippen molar-refractivity contribution in [3.05, 3.63) is 46.5 Å². The molecule has 0 saturated heterocycles. The summed E-state index contributed by atoms with van der Waals surface area (Å²) in [5, 5.41) is 0.221. The molecule has 0 aliphatic rings. The Labute approximate surface area is 200 Å². The van der Waals surface area contributed by atoms with Crippen LogP contribution < -0.4 is 14.2 Å². The monoisotopic (exact) mass is 498 g/mol. The summed E-state index contributed by atoms with van der Waals surface area (Å²) in [4.78, 5) is 14.8. The molecule has 2 aromatic rings. The minimum Gasteiger partial charge on any atom is -0.495 e. The molecule has 1 amide bonds. The number of nitrogens with one attached hydrogen (secondary N) is 1. The van der Waals surface area contributed by atoms with Crippen LogP contribution >= 0.6 is 11.6 Å². The summed E-state index contributed by atoms with van der Waals surface area (Å²) >= 11 is 6.17. The second-order valence-electron chi connectivity index (χ2n) is 7.91. The van der Waals surface area contributed by atoms with Crippen molar-refractivity contribution in [3.8, 4) is 11.5 Å². The van der Waals surface area contributed by atoms with Crippen LogP contribution in [0.25, 0.3) is 0 Å². The van der Waals surface area contributed by atoms with Crippen LogP contribution in [0.1, 0.15) is 29.8 Å². The lowest BCUT2D eigenvalue weighted by molar-refractivity contribution is 0.0672. The van der Waals surface area contributed by atoms with Gasteiger partial charge in [0.2, 0.25) is 0 Å². The SMILES string of the molecule is COCCN(CC(C)C)C(=O)c1ccc(C)c(S(=O)(=O)Nc2cc(Cl)c(OC)cc2OC)c1. The normalized spacial score (nSPS) is 11.4. The average Bonchev–Trinajstić information content (AvgIpc) is 2.76. The molecular formula is C23H31ClN2O6S. The molecule has 0 aliphatic carbocycles. The zero-order valence-electron chi connectivity index (χ0n) is 19.8. The maximum atomic E-state index is 13.3. The molecule has 0 bridgehead atoms. The number of amides is 1. The zero-order chi connectivity index (χ0) is 24.8. The Balaban J connectivity index is 2.43. The zero-order valence-corrected chi connectivity index (χ0v) is 21.3. The fourth-order valence-corrected chi connectivity index (χ4v) is 4.84. The number of carbonyl (C=O) groups is 1. The number of anilines is 1. The molecule has 0 heterocycles. The first-order valence-corrected chi connectivity index (χ1v) is 12.2. The van der Waals surface area contributed by atoms with E-state index in [-0.39, 0.29) is 38.7 Å². The van der Waals surface area contributed by atoms with Crippen molar-refractivity contribution >= 4 is 33.2 Å². The van der Waals surface area contributed by atoms with Gasteiger partial charge < -0.3 is 19.1 Å². The number of benzene rings is 2. The molecule has 182 valence electrons. The summed E-state index contributed by atoms with van der Waals surface area (Å²) in [7, 11) is 0.371. The highest BCUT2D eigenvalue weighted by atomic mass is 35.5. The Bertz CT molecular complexity index is 1090. The van der Waals surface area contributed by atoms with E-state index in [9.17, 15) is 13.2 Å². The fraction of sp³-hybridized carbons (Fsp3) is 0.435. The lowest BCUT2D eigenvalue weighted by atomic mass is 10.1. The van der Waals surface area contributed by atoms with Crippen molar-refractivity contribution in [1.29, 1.82) is 0 Å². The Morgan fingerprint density at radius 3 is 2.33 bits per heavy atom. The summed E-state index contributed by atoms with van der Waals surface area (Å²) in [6, 6.07) is 7.53. The molecule has 0 fully saturated rings.